The molecule has 0 saturated heterocycles. The molecular weight excluding hydrogens is 180 g/mol. The Labute approximate surface area is 81.5 Å². The summed E-state index contributed by atoms with van der Waals surface area (Å²) in [6.45, 7) is 1.83. The third-order valence-electron chi connectivity index (χ3n) is 2.06. The van der Waals surface area contributed by atoms with E-state index in [0.29, 0.717) is 0 Å². The van der Waals surface area contributed by atoms with Crippen LogP contribution < -0.4 is 4.74 Å². The molecule has 0 saturated carbocycles. The molecule has 5 nitrogen and oxygen atoms in total. The van der Waals surface area contributed by atoms with Gasteiger partial charge in [0.2, 0.25) is 5.66 Å². The average molecular weight is 189 g/mol. The number of methoxy groups -OCH3 is 1. The zero-order chi connectivity index (χ0) is 10.0. The van der Waals surface area contributed by atoms with Crippen molar-refractivity contribution < 1.29 is 4.74 Å². The summed E-state index contributed by atoms with van der Waals surface area (Å²) in [4.78, 5) is 0. The first-order valence-electron chi connectivity index (χ1n) is 4.14. The van der Waals surface area contributed by atoms with Crippen LogP contribution in [0.4, 0.5) is 0 Å². The minimum Gasteiger partial charge on any atom is -0.497 e. The lowest BCUT2D eigenvalue weighted by atomic mass is 10.0. The van der Waals surface area contributed by atoms with Crippen molar-refractivity contribution in [1.29, 1.82) is 0 Å². The number of hydrogen-bond donors (Lipinski definition) is 0. The largest absolute Gasteiger partial charge is 0.497 e. The highest BCUT2D eigenvalue weighted by molar-refractivity contribution is 5.32. The van der Waals surface area contributed by atoms with Gasteiger partial charge in [-0.1, -0.05) is 0 Å². The molecule has 0 fully saturated rings. The van der Waals surface area contributed by atoms with Crippen molar-refractivity contribution in [2.75, 3.05) is 7.11 Å². The summed E-state index contributed by atoms with van der Waals surface area (Å²) in [5.74, 6) is 0.723. The Morgan fingerprint density at radius 2 is 2.00 bits per heavy atom. The molecule has 1 radical (unpaired) electrons. The van der Waals surface area contributed by atoms with Gasteiger partial charge in [-0.2, -0.15) is 0 Å². The van der Waals surface area contributed by atoms with Gasteiger partial charge in [-0.05, 0) is 41.6 Å². The topological polar surface area (TPSA) is 58.7 Å². The Kier molecular flexibility index (Phi) is 1.99. The smallest absolute Gasteiger partial charge is 0.217 e. The summed E-state index contributed by atoms with van der Waals surface area (Å²) in [6, 6.07) is 8.34. The van der Waals surface area contributed by atoms with Crippen molar-refractivity contribution >= 4 is 0 Å². The summed E-state index contributed by atoms with van der Waals surface area (Å²) in [5.41, 5.74) is 0.146. The highest BCUT2D eigenvalue weighted by atomic mass is 16.5. The quantitative estimate of drug-likeness (QED) is 0.705. The first-order valence-corrected chi connectivity index (χ1v) is 4.14. The second kappa shape index (κ2) is 3.17. The molecule has 0 aromatic heterocycles. The molecule has 1 heterocycles. The molecule has 0 unspecified atom stereocenters. The molecule has 1 aromatic carbocycles. The predicted molar refractivity (Wildman–Crippen MR) is 48.9 cm³/mol. The lowest BCUT2D eigenvalue weighted by molar-refractivity contribution is 0.411. The highest BCUT2D eigenvalue weighted by Gasteiger charge is 2.29. The molecule has 1 aliphatic rings. The van der Waals surface area contributed by atoms with Crippen LogP contribution in [-0.2, 0) is 5.66 Å². The molecule has 0 bridgehead atoms. The number of rotatable bonds is 2. The maximum Gasteiger partial charge on any atom is 0.217 e. The SMILES string of the molecule is COc1c[c]cc(C2(C)N=NN=N2)c1. The summed E-state index contributed by atoms with van der Waals surface area (Å²) < 4.78 is 5.08. The van der Waals surface area contributed by atoms with Crippen LogP contribution in [0, 0.1) is 6.07 Å². The third kappa shape index (κ3) is 1.37. The van der Waals surface area contributed by atoms with Crippen molar-refractivity contribution in [1.82, 2.24) is 0 Å². The van der Waals surface area contributed by atoms with Crippen molar-refractivity contribution in [3.63, 3.8) is 0 Å². The van der Waals surface area contributed by atoms with Gasteiger partial charge in [-0.3, -0.25) is 0 Å². The van der Waals surface area contributed by atoms with E-state index < -0.39 is 5.66 Å². The standard InChI is InChI=1S/C9H9N4O/c1-9(10-12-13-11-9)7-4-3-5-8(6-7)14-2/h4-6H,1-2H3. The first kappa shape index (κ1) is 8.80. The van der Waals surface area contributed by atoms with Gasteiger partial charge < -0.3 is 4.74 Å². The fourth-order valence-corrected chi connectivity index (χ4v) is 1.19. The van der Waals surface area contributed by atoms with Gasteiger partial charge in [0.1, 0.15) is 5.75 Å². The summed E-state index contributed by atoms with van der Waals surface area (Å²) in [6.07, 6.45) is 0. The summed E-state index contributed by atoms with van der Waals surface area (Å²) in [5, 5.41) is 14.9. The molecule has 5 heteroatoms. The van der Waals surface area contributed by atoms with Crippen molar-refractivity contribution in [2.45, 2.75) is 12.6 Å². The number of ether oxygens (including phenoxy) is 1. The normalized spacial score (nSPS) is 17.3. The Morgan fingerprint density at radius 3 is 2.64 bits per heavy atom. The van der Waals surface area contributed by atoms with Crippen LogP contribution in [-0.4, -0.2) is 7.11 Å². The molecule has 71 valence electrons. The van der Waals surface area contributed by atoms with E-state index in [9.17, 15) is 0 Å². The van der Waals surface area contributed by atoms with Crippen LogP contribution in [0.25, 0.3) is 0 Å². The highest BCUT2D eigenvalue weighted by Crippen LogP contribution is 2.32. The second-order valence-electron chi connectivity index (χ2n) is 3.06. The molecule has 1 aromatic rings. The van der Waals surface area contributed by atoms with Crippen LogP contribution >= 0.6 is 0 Å². The van der Waals surface area contributed by atoms with Gasteiger partial charge in [0, 0.05) is 5.56 Å². The van der Waals surface area contributed by atoms with Crippen LogP contribution in [0.15, 0.2) is 38.9 Å². The van der Waals surface area contributed by atoms with E-state index in [4.69, 9.17) is 4.74 Å². The van der Waals surface area contributed by atoms with Crippen LogP contribution in [0.5, 0.6) is 5.75 Å². The molecule has 0 amide bonds. The molecule has 1 aliphatic heterocycles. The van der Waals surface area contributed by atoms with Crippen LogP contribution in [0.3, 0.4) is 0 Å². The average Bonchev–Trinajstić information content (AvgIpc) is 2.67. The Bertz CT molecular complexity index is 388. The zero-order valence-corrected chi connectivity index (χ0v) is 7.93. The summed E-state index contributed by atoms with van der Waals surface area (Å²) >= 11 is 0. The lowest BCUT2D eigenvalue weighted by Crippen LogP contribution is -2.12. The Balaban J connectivity index is 2.41. The van der Waals surface area contributed by atoms with Crippen LogP contribution in [0.1, 0.15) is 12.5 Å². The van der Waals surface area contributed by atoms with E-state index in [-0.39, 0.29) is 0 Å². The molecule has 0 aliphatic carbocycles. The number of hydrogen-bond acceptors (Lipinski definition) is 5. The molecule has 0 spiro atoms. The van der Waals surface area contributed by atoms with Crippen molar-refractivity contribution in [3.05, 3.63) is 29.8 Å². The molecule has 0 atom stereocenters. The van der Waals surface area contributed by atoms with E-state index in [2.05, 4.69) is 26.7 Å². The van der Waals surface area contributed by atoms with Gasteiger partial charge >= 0.3 is 0 Å². The van der Waals surface area contributed by atoms with Crippen molar-refractivity contribution in [2.24, 2.45) is 20.7 Å². The molecule has 14 heavy (non-hydrogen) atoms. The lowest BCUT2D eigenvalue weighted by Gasteiger charge is -2.14. The maximum atomic E-state index is 5.08. The minimum atomic E-state index is -0.717. The van der Waals surface area contributed by atoms with E-state index >= 15 is 0 Å². The fraction of sp³-hybridized carbons (Fsp3) is 0.333. The first-order chi connectivity index (χ1) is 6.74. The Morgan fingerprint density at radius 1 is 1.29 bits per heavy atom. The van der Waals surface area contributed by atoms with E-state index in [1.807, 2.05) is 13.0 Å². The third-order valence-corrected chi connectivity index (χ3v) is 2.06. The zero-order valence-electron chi connectivity index (χ0n) is 7.93. The van der Waals surface area contributed by atoms with E-state index in [0.717, 1.165) is 11.3 Å². The van der Waals surface area contributed by atoms with Gasteiger partial charge in [0.05, 0.1) is 7.11 Å². The minimum absolute atomic E-state index is 0.717. The van der Waals surface area contributed by atoms with Crippen LogP contribution in [0.2, 0.25) is 0 Å². The van der Waals surface area contributed by atoms with Gasteiger partial charge in [-0.15, -0.1) is 10.2 Å². The number of benzene rings is 1. The van der Waals surface area contributed by atoms with E-state index in [1.165, 1.54) is 0 Å². The fourth-order valence-electron chi connectivity index (χ4n) is 1.19. The number of nitrogens with zero attached hydrogens (tertiary/aromatic N) is 4. The van der Waals surface area contributed by atoms with E-state index in [1.54, 1.807) is 19.2 Å². The monoisotopic (exact) mass is 189 g/mol. The van der Waals surface area contributed by atoms with Gasteiger partial charge in [-0.25, -0.2) is 0 Å². The van der Waals surface area contributed by atoms with Gasteiger partial charge in [0.15, 0.2) is 0 Å². The molecule has 2 rings (SSSR count). The van der Waals surface area contributed by atoms with Crippen molar-refractivity contribution in [3.8, 4) is 5.75 Å². The summed E-state index contributed by atoms with van der Waals surface area (Å²) in [7, 11) is 1.60. The Hall–Kier alpha value is -1.78. The molecule has 0 N–H and O–H groups in total. The predicted octanol–water partition coefficient (Wildman–Crippen LogP) is 2.50. The second-order valence-corrected chi connectivity index (χ2v) is 3.06. The molecular formula is C9H9N4O. The maximum absolute atomic E-state index is 5.08. The van der Waals surface area contributed by atoms with Gasteiger partial charge in [0.25, 0.3) is 0 Å².